The summed E-state index contributed by atoms with van der Waals surface area (Å²) in [5.41, 5.74) is 11.6. The summed E-state index contributed by atoms with van der Waals surface area (Å²) in [5.74, 6) is -0.532. The number of nitriles is 1. The molecular weight excluding hydrogens is 205 g/mol. The van der Waals surface area contributed by atoms with Crippen LogP contribution in [0.25, 0.3) is 0 Å². The van der Waals surface area contributed by atoms with Crippen LogP contribution < -0.4 is 11.5 Å². The van der Waals surface area contributed by atoms with Crippen LogP contribution in [-0.4, -0.2) is 6.54 Å². The summed E-state index contributed by atoms with van der Waals surface area (Å²) in [6, 6.07) is 5.59. The average molecular weight is 216 g/mol. The predicted molar refractivity (Wildman–Crippen MR) is 54.3 cm³/mol. The van der Waals surface area contributed by atoms with Crippen LogP contribution in [-0.2, 0) is 0 Å². The van der Waals surface area contributed by atoms with E-state index in [2.05, 4.69) is 0 Å². The summed E-state index contributed by atoms with van der Waals surface area (Å²) in [5, 5.41) is 8.54. The number of benzene rings is 1. The van der Waals surface area contributed by atoms with Crippen LogP contribution in [0.3, 0.4) is 0 Å². The number of hydrogen-bond donors (Lipinski definition) is 2. The maximum Gasteiger partial charge on any atom is 0.140 e. The van der Waals surface area contributed by atoms with Crippen molar-refractivity contribution in [2.75, 3.05) is 6.54 Å². The molecule has 0 fully saturated rings. The zero-order valence-electron chi connectivity index (χ0n) is 7.40. The minimum atomic E-state index is -0.532. The van der Waals surface area contributed by atoms with Gasteiger partial charge in [0.15, 0.2) is 0 Å². The molecule has 0 aliphatic heterocycles. The minimum Gasteiger partial charge on any atom is -0.329 e. The molecule has 1 atom stereocenters. The van der Waals surface area contributed by atoms with Crippen LogP contribution in [0.4, 0.5) is 4.39 Å². The first kappa shape index (κ1) is 12.8. The van der Waals surface area contributed by atoms with E-state index in [0.717, 1.165) is 0 Å². The number of nitrogens with zero attached hydrogens (tertiary/aromatic N) is 1. The first-order valence-electron chi connectivity index (χ1n) is 3.84. The van der Waals surface area contributed by atoms with Gasteiger partial charge in [0.1, 0.15) is 11.9 Å². The fourth-order valence-electron chi connectivity index (χ4n) is 0.995. The van der Waals surface area contributed by atoms with Crippen molar-refractivity contribution in [1.82, 2.24) is 0 Å². The molecule has 4 N–H and O–H groups in total. The molecule has 0 radical (unpaired) electrons. The molecule has 0 aliphatic carbocycles. The molecule has 0 saturated heterocycles. The summed E-state index contributed by atoms with van der Waals surface area (Å²) >= 11 is 0. The highest BCUT2D eigenvalue weighted by molar-refractivity contribution is 5.85. The number of nitrogens with two attached hydrogens (primary N) is 2. The molecule has 0 bridgehead atoms. The van der Waals surface area contributed by atoms with Gasteiger partial charge in [0, 0.05) is 12.6 Å². The van der Waals surface area contributed by atoms with Gasteiger partial charge in [0.2, 0.25) is 0 Å². The first-order chi connectivity index (χ1) is 6.19. The Morgan fingerprint density at radius 3 is 2.64 bits per heavy atom. The molecule has 1 rings (SSSR count). The van der Waals surface area contributed by atoms with E-state index in [0.29, 0.717) is 5.56 Å². The van der Waals surface area contributed by atoms with E-state index < -0.39 is 5.82 Å². The van der Waals surface area contributed by atoms with Crippen molar-refractivity contribution in [2.45, 2.75) is 6.04 Å². The smallest absolute Gasteiger partial charge is 0.140 e. The van der Waals surface area contributed by atoms with Gasteiger partial charge >= 0.3 is 0 Å². The summed E-state index contributed by atoms with van der Waals surface area (Å²) in [6.07, 6.45) is 0. The second-order valence-electron chi connectivity index (χ2n) is 2.69. The summed E-state index contributed by atoms with van der Waals surface area (Å²) in [4.78, 5) is 0. The fourth-order valence-corrected chi connectivity index (χ4v) is 0.995. The van der Waals surface area contributed by atoms with Crippen LogP contribution in [0.5, 0.6) is 0 Å². The largest absolute Gasteiger partial charge is 0.329 e. The second-order valence-corrected chi connectivity index (χ2v) is 2.69. The lowest BCUT2D eigenvalue weighted by Crippen LogP contribution is -2.20. The minimum absolute atomic E-state index is 0. The van der Waals surface area contributed by atoms with Crippen LogP contribution in [0.15, 0.2) is 18.2 Å². The maximum atomic E-state index is 12.8. The maximum absolute atomic E-state index is 12.8. The van der Waals surface area contributed by atoms with E-state index in [9.17, 15) is 4.39 Å². The van der Waals surface area contributed by atoms with Gasteiger partial charge in [-0.1, -0.05) is 6.07 Å². The monoisotopic (exact) mass is 215 g/mol. The molecule has 0 aliphatic rings. The Morgan fingerprint density at radius 1 is 1.50 bits per heavy atom. The molecule has 1 aromatic rings. The van der Waals surface area contributed by atoms with Gasteiger partial charge in [-0.05, 0) is 17.7 Å². The molecule has 14 heavy (non-hydrogen) atoms. The molecule has 76 valence electrons. The normalized spacial score (nSPS) is 11.3. The van der Waals surface area contributed by atoms with Crippen molar-refractivity contribution >= 4 is 12.4 Å². The second kappa shape index (κ2) is 5.55. The molecule has 3 nitrogen and oxygen atoms in total. The van der Waals surface area contributed by atoms with Crippen molar-refractivity contribution < 1.29 is 4.39 Å². The van der Waals surface area contributed by atoms with E-state index in [1.54, 1.807) is 6.07 Å². The van der Waals surface area contributed by atoms with E-state index in [-0.39, 0.29) is 30.6 Å². The Hall–Kier alpha value is -1.15. The van der Waals surface area contributed by atoms with Crippen molar-refractivity contribution in [2.24, 2.45) is 11.5 Å². The summed E-state index contributed by atoms with van der Waals surface area (Å²) < 4.78 is 12.8. The Balaban J connectivity index is 0.00000169. The Labute approximate surface area is 87.9 Å². The van der Waals surface area contributed by atoms with Gasteiger partial charge in [-0.3, -0.25) is 0 Å². The van der Waals surface area contributed by atoms with Gasteiger partial charge in [0.05, 0.1) is 5.56 Å². The van der Waals surface area contributed by atoms with Crippen molar-refractivity contribution in [3.8, 4) is 6.07 Å². The molecule has 5 heteroatoms. The SMILES string of the molecule is Cl.N#Cc1cc([C@@H](N)CN)ccc1F. The number of halogens is 2. The molecule has 0 unspecified atom stereocenters. The zero-order valence-corrected chi connectivity index (χ0v) is 8.22. The first-order valence-corrected chi connectivity index (χ1v) is 3.84. The van der Waals surface area contributed by atoms with E-state index >= 15 is 0 Å². The lowest BCUT2D eigenvalue weighted by molar-refractivity contribution is 0.621. The van der Waals surface area contributed by atoms with Gasteiger partial charge in [-0.2, -0.15) is 5.26 Å². The highest BCUT2D eigenvalue weighted by atomic mass is 35.5. The van der Waals surface area contributed by atoms with E-state index in [1.807, 2.05) is 0 Å². The fraction of sp³-hybridized carbons (Fsp3) is 0.222. The molecule has 0 spiro atoms. The number of rotatable bonds is 2. The van der Waals surface area contributed by atoms with Gasteiger partial charge in [-0.25, -0.2) is 4.39 Å². The third-order valence-corrected chi connectivity index (χ3v) is 1.79. The Kier molecular flexibility index (Phi) is 5.10. The quantitative estimate of drug-likeness (QED) is 0.775. The predicted octanol–water partition coefficient (Wildman–Crippen LogP) is 1.08. The topological polar surface area (TPSA) is 75.8 Å². The summed E-state index contributed by atoms with van der Waals surface area (Å²) in [6.45, 7) is 0.274. The average Bonchev–Trinajstić information content (AvgIpc) is 2.17. The van der Waals surface area contributed by atoms with Crippen LogP contribution in [0.1, 0.15) is 17.2 Å². The molecular formula is C9H11ClFN3. The van der Waals surface area contributed by atoms with Crippen molar-refractivity contribution in [3.63, 3.8) is 0 Å². The van der Waals surface area contributed by atoms with E-state index in [1.165, 1.54) is 18.2 Å². The lowest BCUT2D eigenvalue weighted by atomic mass is 10.0. The van der Waals surface area contributed by atoms with Gasteiger partial charge in [0.25, 0.3) is 0 Å². The third kappa shape index (κ3) is 2.67. The lowest BCUT2D eigenvalue weighted by Gasteiger charge is -2.08. The van der Waals surface area contributed by atoms with Crippen LogP contribution >= 0.6 is 12.4 Å². The number of hydrogen-bond acceptors (Lipinski definition) is 3. The zero-order chi connectivity index (χ0) is 9.84. The molecule has 0 amide bonds. The van der Waals surface area contributed by atoms with Crippen LogP contribution in [0.2, 0.25) is 0 Å². The molecule has 1 aromatic carbocycles. The molecule has 0 aromatic heterocycles. The highest BCUT2D eigenvalue weighted by Gasteiger charge is 2.07. The van der Waals surface area contributed by atoms with Crippen molar-refractivity contribution in [3.05, 3.63) is 35.1 Å². The van der Waals surface area contributed by atoms with Gasteiger partial charge < -0.3 is 11.5 Å². The third-order valence-electron chi connectivity index (χ3n) is 1.79. The van der Waals surface area contributed by atoms with Crippen LogP contribution in [0, 0.1) is 17.1 Å². The Bertz CT molecular complexity index is 348. The van der Waals surface area contributed by atoms with Crippen molar-refractivity contribution in [1.29, 1.82) is 5.26 Å². The summed E-state index contributed by atoms with van der Waals surface area (Å²) in [7, 11) is 0. The Morgan fingerprint density at radius 2 is 2.14 bits per heavy atom. The van der Waals surface area contributed by atoms with Gasteiger partial charge in [-0.15, -0.1) is 12.4 Å². The van der Waals surface area contributed by atoms with E-state index in [4.69, 9.17) is 16.7 Å². The molecule has 0 saturated carbocycles. The standard InChI is InChI=1S/C9H10FN3.ClH/c10-8-2-1-6(9(13)5-12)3-7(8)4-11;/h1-3,9H,5,12-13H2;1H/t9-;/m0./s1. The molecule has 0 heterocycles. The highest BCUT2D eigenvalue weighted by Crippen LogP contribution is 2.13.